The van der Waals surface area contributed by atoms with Crippen molar-refractivity contribution < 1.29 is 13.9 Å². The molecule has 0 unspecified atom stereocenters. The Hall–Kier alpha value is -3.09. The largest absolute Gasteiger partial charge is 0.496 e. The molecule has 24 heavy (non-hydrogen) atoms. The highest BCUT2D eigenvalue weighted by atomic mass is 16.5. The molecule has 0 aliphatic rings. The molecule has 3 rings (SSSR count). The standard InChI is InChI=1S/C17H18N4O3/c1-9(5-16(22)20-17-18-8-19-21-17)12-6-13-10(2)11(3)24-15(13)7-14(12)23-4/h5-8H,1-4H3,(H2,18,19,20,21,22)/b9-5+. The van der Waals surface area contributed by atoms with E-state index in [1.807, 2.05) is 32.9 Å². The number of aryl methyl sites for hydroxylation is 2. The minimum absolute atomic E-state index is 0.299. The van der Waals surface area contributed by atoms with Gasteiger partial charge in [-0.25, -0.2) is 5.10 Å². The van der Waals surface area contributed by atoms with E-state index in [-0.39, 0.29) is 5.91 Å². The van der Waals surface area contributed by atoms with Crippen molar-refractivity contribution in [1.29, 1.82) is 0 Å². The van der Waals surface area contributed by atoms with Gasteiger partial charge in [-0.15, -0.1) is 0 Å². The lowest BCUT2D eigenvalue weighted by atomic mass is 10.0. The number of allylic oxidation sites excluding steroid dienone is 1. The van der Waals surface area contributed by atoms with Gasteiger partial charge in [0.15, 0.2) is 0 Å². The van der Waals surface area contributed by atoms with Crippen molar-refractivity contribution in [1.82, 2.24) is 15.2 Å². The van der Waals surface area contributed by atoms with E-state index in [1.165, 1.54) is 12.4 Å². The average Bonchev–Trinajstić information content (AvgIpc) is 3.14. The summed E-state index contributed by atoms with van der Waals surface area (Å²) in [5.41, 5.74) is 3.45. The number of hydrogen-bond acceptors (Lipinski definition) is 5. The number of rotatable bonds is 4. The van der Waals surface area contributed by atoms with Crippen LogP contribution in [0.5, 0.6) is 5.75 Å². The molecule has 0 saturated carbocycles. The number of H-pyrrole nitrogens is 1. The van der Waals surface area contributed by atoms with Gasteiger partial charge in [-0.05, 0) is 38.0 Å². The molecule has 0 spiro atoms. The molecule has 1 amide bonds. The van der Waals surface area contributed by atoms with Gasteiger partial charge >= 0.3 is 0 Å². The van der Waals surface area contributed by atoms with Crippen LogP contribution in [-0.4, -0.2) is 28.2 Å². The van der Waals surface area contributed by atoms with Gasteiger partial charge in [0.1, 0.15) is 23.4 Å². The summed E-state index contributed by atoms with van der Waals surface area (Å²) >= 11 is 0. The van der Waals surface area contributed by atoms with Crippen molar-refractivity contribution in [2.75, 3.05) is 12.4 Å². The third-order valence-corrected chi connectivity index (χ3v) is 3.93. The molecule has 0 aliphatic heterocycles. The molecule has 1 aromatic carbocycles. The number of fused-ring (bicyclic) bond motifs is 1. The summed E-state index contributed by atoms with van der Waals surface area (Å²) in [4.78, 5) is 16.0. The Labute approximate surface area is 138 Å². The smallest absolute Gasteiger partial charge is 0.250 e. The van der Waals surface area contributed by atoms with Crippen LogP contribution >= 0.6 is 0 Å². The topological polar surface area (TPSA) is 93.0 Å². The van der Waals surface area contributed by atoms with Crippen LogP contribution in [0.4, 0.5) is 5.95 Å². The number of nitrogens with zero attached hydrogens (tertiary/aromatic N) is 2. The Morgan fingerprint density at radius 3 is 2.83 bits per heavy atom. The highest BCUT2D eigenvalue weighted by Crippen LogP contribution is 2.34. The highest BCUT2D eigenvalue weighted by molar-refractivity contribution is 6.03. The number of methoxy groups -OCH3 is 1. The quantitative estimate of drug-likeness (QED) is 0.718. The van der Waals surface area contributed by atoms with E-state index in [4.69, 9.17) is 9.15 Å². The van der Waals surface area contributed by atoms with Gasteiger partial charge in [0.2, 0.25) is 5.95 Å². The van der Waals surface area contributed by atoms with Crippen LogP contribution in [-0.2, 0) is 4.79 Å². The third kappa shape index (κ3) is 2.88. The maximum atomic E-state index is 12.1. The first-order valence-corrected chi connectivity index (χ1v) is 7.42. The van der Waals surface area contributed by atoms with Gasteiger partial charge in [-0.1, -0.05) is 0 Å². The fraction of sp³-hybridized carbons (Fsp3) is 0.235. The van der Waals surface area contributed by atoms with Crippen LogP contribution in [0, 0.1) is 13.8 Å². The summed E-state index contributed by atoms with van der Waals surface area (Å²) in [7, 11) is 1.59. The van der Waals surface area contributed by atoms with Gasteiger partial charge in [0, 0.05) is 23.1 Å². The van der Waals surface area contributed by atoms with Gasteiger partial charge < -0.3 is 9.15 Å². The monoisotopic (exact) mass is 326 g/mol. The lowest BCUT2D eigenvalue weighted by molar-refractivity contribution is -0.111. The molecule has 7 nitrogen and oxygen atoms in total. The molecule has 2 aromatic heterocycles. The molecule has 2 N–H and O–H groups in total. The van der Waals surface area contributed by atoms with Crippen molar-refractivity contribution >= 4 is 28.4 Å². The molecule has 7 heteroatoms. The number of aromatic nitrogens is 3. The average molecular weight is 326 g/mol. The predicted octanol–water partition coefficient (Wildman–Crippen LogP) is 3.22. The number of ether oxygens (including phenoxy) is 1. The van der Waals surface area contributed by atoms with Crippen LogP contribution in [0.2, 0.25) is 0 Å². The second-order valence-electron chi connectivity index (χ2n) is 5.48. The summed E-state index contributed by atoms with van der Waals surface area (Å²) in [6.45, 7) is 5.79. The van der Waals surface area contributed by atoms with Crippen molar-refractivity contribution in [3.8, 4) is 5.75 Å². The van der Waals surface area contributed by atoms with Crippen molar-refractivity contribution in [3.63, 3.8) is 0 Å². The molecule has 0 fully saturated rings. The Kier molecular flexibility index (Phi) is 4.07. The fourth-order valence-corrected chi connectivity index (χ4v) is 2.54. The van der Waals surface area contributed by atoms with Gasteiger partial charge in [-0.2, -0.15) is 10.1 Å². The fourth-order valence-electron chi connectivity index (χ4n) is 2.54. The van der Waals surface area contributed by atoms with Crippen LogP contribution in [0.3, 0.4) is 0 Å². The lowest BCUT2D eigenvalue weighted by Crippen LogP contribution is -2.10. The van der Waals surface area contributed by atoms with Crippen LogP contribution in [0.25, 0.3) is 16.5 Å². The summed E-state index contributed by atoms with van der Waals surface area (Å²) in [6.07, 6.45) is 2.82. The molecule has 2 heterocycles. The maximum absolute atomic E-state index is 12.1. The number of nitrogens with one attached hydrogen (secondary N) is 2. The Bertz CT molecular complexity index is 923. The predicted molar refractivity (Wildman–Crippen MR) is 90.9 cm³/mol. The molecule has 3 aromatic rings. The van der Waals surface area contributed by atoms with E-state index in [9.17, 15) is 4.79 Å². The van der Waals surface area contributed by atoms with Crippen molar-refractivity contribution in [3.05, 3.63) is 41.4 Å². The summed E-state index contributed by atoms with van der Waals surface area (Å²) in [5, 5.41) is 9.88. The lowest BCUT2D eigenvalue weighted by Gasteiger charge is -2.09. The van der Waals surface area contributed by atoms with E-state index < -0.39 is 0 Å². The molecular weight excluding hydrogens is 308 g/mol. The summed E-state index contributed by atoms with van der Waals surface area (Å²) < 4.78 is 11.2. The number of hydrogen-bond donors (Lipinski definition) is 2. The normalized spacial score (nSPS) is 11.8. The van der Waals surface area contributed by atoms with Crippen LogP contribution in [0.15, 0.2) is 29.0 Å². The van der Waals surface area contributed by atoms with E-state index >= 15 is 0 Å². The zero-order chi connectivity index (χ0) is 17.3. The second kappa shape index (κ2) is 6.19. The SMILES string of the molecule is COc1cc2oc(C)c(C)c2cc1/C(C)=C/C(=O)Nc1ncn[nH]1. The second-order valence-corrected chi connectivity index (χ2v) is 5.48. The summed E-state index contributed by atoms with van der Waals surface area (Å²) in [5.74, 6) is 1.52. The number of anilines is 1. The molecule has 0 bridgehead atoms. The Balaban J connectivity index is 1.98. The van der Waals surface area contributed by atoms with Gasteiger partial charge in [0.25, 0.3) is 5.91 Å². The zero-order valence-electron chi connectivity index (χ0n) is 13.9. The molecule has 0 radical (unpaired) electrons. The molecular formula is C17H18N4O3. The van der Waals surface area contributed by atoms with E-state index in [0.29, 0.717) is 11.7 Å². The Morgan fingerprint density at radius 2 is 2.17 bits per heavy atom. The molecule has 0 atom stereocenters. The zero-order valence-corrected chi connectivity index (χ0v) is 13.9. The van der Waals surface area contributed by atoms with E-state index in [2.05, 4.69) is 20.5 Å². The van der Waals surface area contributed by atoms with Crippen molar-refractivity contribution in [2.45, 2.75) is 20.8 Å². The number of carbonyl (C=O) groups is 1. The first-order chi connectivity index (χ1) is 11.5. The molecule has 124 valence electrons. The van der Waals surface area contributed by atoms with Gasteiger partial charge in [0.05, 0.1) is 7.11 Å². The molecule has 0 saturated heterocycles. The summed E-state index contributed by atoms with van der Waals surface area (Å²) in [6, 6.07) is 3.82. The van der Waals surface area contributed by atoms with Gasteiger partial charge in [-0.3, -0.25) is 10.1 Å². The van der Waals surface area contributed by atoms with Crippen molar-refractivity contribution in [2.24, 2.45) is 0 Å². The number of carbonyl (C=O) groups excluding carboxylic acids is 1. The van der Waals surface area contributed by atoms with Crippen LogP contribution < -0.4 is 10.1 Å². The van der Waals surface area contributed by atoms with E-state index in [1.54, 1.807) is 7.11 Å². The van der Waals surface area contributed by atoms with E-state index in [0.717, 1.165) is 33.4 Å². The number of amides is 1. The minimum Gasteiger partial charge on any atom is -0.496 e. The Morgan fingerprint density at radius 1 is 1.38 bits per heavy atom. The third-order valence-electron chi connectivity index (χ3n) is 3.93. The highest BCUT2D eigenvalue weighted by Gasteiger charge is 2.14. The van der Waals surface area contributed by atoms with Crippen LogP contribution in [0.1, 0.15) is 23.8 Å². The maximum Gasteiger partial charge on any atom is 0.250 e. The molecule has 0 aliphatic carbocycles. The number of benzene rings is 1. The number of furan rings is 1. The first kappa shape index (κ1) is 15.8. The minimum atomic E-state index is -0.300. The number of aromatic amines is 1. The first-order valence-electron chi connectivity index (χ1n) is 7.42.